The highest BCUT2D eigenvalue weighted by Crippen LogP contribution is 2.23. The van der Waals surface area contributed by atoms with Gasteiger partial charge in [-0.3, -0.25) is 4.68 Å². The van der Waals surface area contributed by atoms with E-state index in [-0.39, 0.29) is 0 Å². The van der Waals surface area contributed by atoms with Gasteiger partial charge in [0, 0.05) is 23.7 Å². The summed E-state index contributed by atoms with van der Waals surface area (Å²) in [6, 6.07) is 1.82. The monoisotopic (exact) mass is 323 g/mol. The standard InChI is InChI=1S/C13H11ClFN5S/c14-10-5-18-20(7-10)3-2-16-13-17-6-11(15)12(19-13)9-1-4-21-8-9/h1,4-8H,2-3H2,(H,16,17,19). The summed E-state index contributed by atoms with van der Waals surface area (Å²) in [6.45, 7) is 1.17. The third kappa shape index (κ3) is 3.37. The van der Waals surface area contributed by atoms with Gasteiger partial charge in [-0.15, -0.1) is 0 Å². The average molecular weight is 324 g/mol. The van der Waals surface area contributed by atoms with E-state index in [1.54, 1.807) is 17.1 Å². The molecular formula is C13H11ClFN5S. The van der Waals surface area contributed by atoms with Gasteiger partial charge in [0.25, 0.3) is 0 Å². The van der Waals surface area contributed by atoms with Crippen molar-refractivity contribution in [1.29, 1.82) is 0 Å². The number of nitrogens with one attached hydrogen (secondary N) is 1. The quantitative estimate of drug-likeness (QED) is 0.782. The largest absolute Gasteiger partial charge is 0.352 e. The maximum atomic E-state index is 13.7. The molecular weight excluding hydrogens is 313 g/mol. The summed E-state index contributed by atoms with van der Waals surface area (Å²) in [7, 11) is 0. The molecule has 0 amide bonds. The van der Waals surface area contributed by atoms with E-state index < -0.39 is 5.82 Å². The van der Waals surface area contributed by atoms with Crippen LogP contribution in [0.5, 0.6) is 0 Å². The molecule has 108 valence electrons. The molecule has 0 aliphatic rings. The fraction of sp³-hybridized carbons (Fsp3) is 0.154. The minimum atomic E-state index is -0.433. The van der Waals surface area contributed by atoms with E-state index in [0.29, 0.717) is 29.8 Å². The molecule has 3 heterocycles. The average Bonchev–Trinajstić information content (AvgIpc) is 3.12. The van der Waals surface area contributed by atoms with E-state index in [1.165, 1.54) is 17.5 Å². The topological polar surface area (TPSA) is 55.6 Å². The predicted octanol–water partition coefficient (Wildman–Crippen LogP) is 3.31. The van der Waals surface area contributed by atoms with Crippen LogP contribution in [-0.4, -0.2) is 26.3 Å². The number of halogens is 2. The minimum absolute atomic E-state index is 0.302. The van der Waals surface area contributed by atoms with E-state index in [9.17, 15) is 4.39 Å². The first-order valence-electron chi connectivity index (χ1n) is 6.19. The molecule has 0 unspecified atom stereocenters. The number of thiophene rings is 1. The minimum Gasteiger partial charge on any atom is -0.352 e. The molecule has 3 aromatic rings. The molecule has 0 bridgehead atoms. The van der Waals surface area contributed by atoms with Crippen molar-refractivity contribution < 1.29 is 4.39 Å². The van der Waals surface area contributed by atoms with Crippen LogP contribution >= 0.6 is 22.9 Å². The fourth-order valence-electron chi connectivity index (χ4n) is 1.80. The van der Waals surface area contributed by atoms with Gasteiger partial charge in [-0.1, -0.05) is 11.6 Å². The van der Waals surface area contributed by atoms with Crippen LogP contribution in [0.3, 0.4) is 0 Å². The zero-order chi connectivity index (χ0) is 14.7. The number of anilines is 1. The smallest absolute Gasteiger partial charge is 0.223 e. The van der Waals surface area contributed by atoms with Crippen LogP contribution in [0, 0.1) is 5.82 Å². The lowest BCUT2D eigenvalue weighted by atomic mass is 10.2. The van der Waals surface area contributed by atoms with Crippen LogP contribution in [0.4, 0.5) is 10.3 Å². The van der Waals surface area contributed by atoms with Gasteiger partial charge in [-0.25, -0.2) is 14.4 Å². The summed E-state index contributed by atoms with van der Waals surface area (Å²) >= 11 is 7.28. The second-order valence-corrected chi connectivity index (χ2v) is 5.47. The molecule has 3 rings (SSSR count). The normalized spacial score (nSPS) is 10.8. The van der Waals surface area contributed by atoms with Crippen molar-refractivity contribution in [3.63, 3.8) is 0 Å². The number of aromatic nitrogens is 4. The molecule has 0 fully saturated rings. The van der Waals surface area contributed by atoms with E-state index in [0.717, 1.165) is 5.56 Å². The Morgan fingerprint density at radius 1 is 1.38 bits per heavy atom. The summed E-state index contributed by atoms with van der Waals surface area (Å²) in [5.41, 5.74) is 1.05. The highest BCUT2D eigenvalue weighted by Gasteiger charge is 2.09. The van der Waals surface area contributed by atoms with Crippen molar-refractivity contribution in [2.45, 2.75) is 6.54 Å². The highest BCUT2D eigenvalue weighted by atomic mass is 35.5. The molecule has 1 N–H and O–H groups in total. The Morgan fingerprint density at radius 2 is 2.29 bits per heavy atom. The van der Waals surface area contributed by atoms with Gasteiger partial charge in [-0.2, -0.15) is 16.4 Å². The Morgan fingerprint density at radius 3 is 3.00 bits per heavy atom. The Hall–Kier alpha value is -1.99. The van der Waals surface area contributed by atoms with Gasteiger partial charge in [0.2, 0.25) is 5.95 Å². The van der Waals surface area contributed by atoms with Crippen LogP contribution in [0.2, 0.25) is 5.02 Å². The molecule has 0 aliphatic heterocycles. The van der Waals surface area contributed by atoms with Crippen LogP contribution in [0.15, 0.2) is 35.4 Å². The molecule has 0 aromatic carbocycles. The van der Waals surface area contributed by atoms with Crippen molar-refractivity contribution in [3.8, 4) is 11.3 Å². The van der Waals surface area contributed by atoms with Crippen molar-refractivity contribution >= 4 is 28.9 Å². The van der Waals surface area contributed by atoms with Crippen molar-refractivity contribution in [1.82, 2.24) is 19.7 Å². The fourth-order valence-corrected chi connectivity index (χ4v) is 2.59. The summed E-state index contributed by atoms with van der Waals surface area (Å²) in [5.74, 6) is -0.0475. The van der Waals surface area contributed by atoms with Crippen LogP contribution in [0.25, 0.3) is 11.3 Å². The first-order chi connectivity index (χ1) is 10.2. The predicted molar refractivity (Wildman–Crippen MR) is 81.0 cm³/mol. The third-order valence-corrected chi connectivity index (χ3v) is 3.64. The molecule has 21 heavy (non-hydrogen) atoms. The number of nitrogens with zero attached hydrogens (tertiary/aromatic N) is 4. The van der Waals surface area contributed by atoms with Crippen LogP contribution in [0.1, 0.15) is 0 Å². The van der Waals surface area contributed by atoms with Gasteiger partial charge in [0.05, 0.1) is 24.0 Å². The maximum Gasteiger partial charge on any atom is 0.223 e. The summed E-state index contributed by atoms with van der Waals surface area (Å²) < 4.78 is 15.5. The second-order valence-electron chi connectivity index (χ2n) is 4.25. The Kier molecular flexibility index (Phi) is 4.12. The zero-order valence-electron chi connectivity index (χ0n) is 10.8. The molecule has 0 radical (unpaired) electrons. The van der Waals surface area contributed by atoms with Gasteiger partial charge in [-0.05, 0) is 11.4 Å². The molecule has 0 spiro atoms. The molecule has 0 saturated heterocycles. The van der Waals surface area contributed by atoms with Crippen molar-refractivity contribution in [3.05, 3.63) is 46.3 Å². The molecule has 0 aliphatic carbocycles. The Labute approximate surface area is 129 Å². The lowest BCUT2D eigenvalue weighted by Crippen LogP contribution is -2.13. The van der Waals surface area contributed by atoms with Crippen LogP contribution in [-0.2, 0) is 6.54 Å². The summed E-state index contributed by atoms with van der Waals surface area (Å²) in [6.07, 6.45) is 4.48. The van der Waals surface area contributed by atoms with Crippen molar-refractivity contribution in [2.24, 2.45) is 0 Å². The lowest BCUT2D eigenvalue weighted by Gasteiger charge is -2.07. The first-order valence-corrected chi connectivity index (χ1v) is 7.51. The molecule has 0 saturated carbocycles. The van der Waals surface area contributed by atoms with Gasteiger partial charge in [0.15, 0.2) is 5.82 Å². The molecule has 5 nitrogen and oxygen atoms in total. The Bertz CT molecular complexity index is 728. The summed E-state index contributed by atoms with van der Waals surface area (Å²) in [5, 5.41) is 11.4. The SMILES string of the molecule is Fc1cnc(NCCn2cc(Cl)cn2)nc1-c1ccsc1. The highest BCUT2D eigenvalue weighted by molar-refractivity contribution is 7.08. The Balaban J connectivity index is 1.67. The lowest BCUT2D eigenvalue weighted by molar-refractivity contribution is 0.616. The van der Waals surface area contributed by atoms with Gasteiger partial charge < -0.3 is 5.32 Å². The van der Waals surface area contributed by atoms with Crippen molar-refractivity contribution in [2.75, 3.05) is 11.9 Å². The number of rotatable bonds is 5. The first kappa shape index (κ1) is 14.0. The van der Waals surface area contributed by atoms with E-state index in [2.05, 4.69) is 20.4 Å². The zero-order valence-corrected chi connectivity index (χ0v) is 12.4. The van der Waals surface area contributed by atoms with Gasteiger partial charge in [0.1, 0.15) is 5.69 Å². The van der Waals surface area contributed by atoms with E-state index in [1.807, 2.05) is 16.8 Å². The third-order valence-electron chi connectivity index (χ3n) is 2.76. The van der Waals surface area contributed by atoms with E-state index >= 15 is 0 Å². The molecule has 0 atom stereocenters. The summed E-state index contributed by atoms with van der Waals surface area (Å²) in [4.78, 5) is 8.14. The molecule has 3 aromatic heterocycles. The van der Waals surface area contributed by atoms with Crippen LogP contribution < -0.4 is 5.32 Å². The molecule has 8 heteroatoms. The van der Waals surface area contributed by atoms with E-state index in [4.69, 9.17) is 11.6 Å². The maximum absolute atomic E-state index is 13.7. The van der Waals surface area contributed by atoms with Gasteiger partial charge >= 0.3 is 0 Å². The number of hydrogen-bond donors (Lipinski definition) is 1. The second kappa shape index (κ2) is 6.19. The number of hydrogen-bond acceptors (Lipinski definition) is 5.